The summed E-state index contributed by atoms with van der Waals surface area (Å²) >= 11 is 0. The summed E-state index contributed by atoms with van der Waals surface area (Å²) in [4.78, 5) is 4.01. The summed E-state index contributed by atoms with van der Waals surface area (Å²) < 4.78 is 14.8. The Kier molecular flexibility index (Phi) is 3.21. The lowest BCUT2D eigenvalue weighted by Crippen LogP contribution is -2.18. The maximum absolute atomic E-state index is 13.0. The number of halogens is 1. The second kappa shape index (κ2) is 4.65. The second-order valence-corrected chi connectivity index (χ2v) is 3.91. The smallest absolute Gasteiger partial charge is 0.123 e. The predicted molar refractivity (Wildman–Crippen MR) is 62.3 cm³/mol. The first kappa shape index (κ1) is 11.8. The average Bonchev–Trinajstić information content (AvgIpc) is 2.77. The number of nitrogens with two attached hydrogens (primary N) is 1. The average molecular weight is 235 g/mol. The first-order chi connectivity index (χ1) is 8.13. The zero-order valence-corrected chi connectivity index (χ0v) is 9.47. The lowest BCUT2D eigenvalue weighted by molar-refractivity contribution is 0.265. The molecule has 3 N–H and O–H groups in total. The van der Waals surface area contributed by atoms with Gasteiger partial charge in [-0.1, -0.05) is 0 Å². The molecule has 0 fully saturated rings. The number of nitrogens with zero attached hydrogens (tertiary/aromatic N) is 2. The number of hydrogen-bond acceptors (Lipinski definition) is 3. The normalized spacial score (nSPS) is 12.7. The summed E-state index contributed by atoms with van der Waals surface area (Å²) in [7, 11) is 0. The number of rotatable bonds is 3. The Morgan fingerprint density at radius 3 is 2.94 bits per heavy atom. The van der Waals surface area contributed by atoms with Crippen LogP contribution < -0.4 is 5.73 Å². The van der Waals surface area contributed by atoms with E-state index in [1.807, 2.05) is 6.92 Å². The molecule has 0 aliphatic carbocycles. The van der Waals surface area contributed by atoms with Crippen LogP contribution in [0, 0.1) is 12.7 Å². The van der Waals surface area contributed by atoms with E-state index in [4.69, 9.17) is 10.8 Å². The minimum atomic E-state index is -0.498. The van der Waals surface area contributed by atoms with Crippen molar-refractivity contribution in [2.75, 3.05) is 6.61 Å². The van der Waals surface area contributed by atoms with Gasteiger partial charge in [-0.3, -0.25) is 0 Å². The zero-order chi connectivity index (χ0) is 12.4. The Hall–Kier alpha value is -1.72. The van der Waals surface area contributed by atoms with E-state index in [1.165, 1.54) is 12.1 Å². The van der Waals surface area contributed by atoms with Crippen molar-refractivity contribution in [1.82, 2.24) is 9.55 Å². The zero-order valence-electron chi connectivity index (χ0n) is 9.47. The van der Waals surface area contributed by atoms with Gasteiger partial charge in [0.25, 0.3) is 0 Å². The van der Waals surface area contributed by atoms with Gasteiger partial charge in [0.05, 0.1) is 30.9 Å². The van der Waals surface area contributed by atoms with Crippen LogP contribution in [0.25, 0.3) is 5.69 Å². The maximum atomic E-state index is 13.0. The molecule has 0 saturated carbocycles. The highest BCUT2D eigenvalue weighted by atomic mass is 19.1. The molecule has 90 valence electrons. The van der Waals surface area contributed by atoms with Crippen LogP contribution in [-0.2, 0) is 0 Å². The van der Waals surface area contributed by atoms with E-state index >= 15 is 0 Å². The molecular formula is C12H14FN3O. The van der Waals surface area contributed by atoms with Crippen LogP contribution in [0.2, 0.25) is 0 Å². The van der Waals surface area contributed by atoms with Gasteiger partial charge in [-0.05, 0) is 30.7 Å². The first-order valence-electron chi connectivity index (χ1n) is 5.28. The Labute approximate surface area is 98.5 Å². The molecule has 5 heteroatoms. The van der Waals surface area contributed by atoms with Crippen molar-refractivity contribution in [2.45, 2.75) is 13.0 Å². The molecule has 17 heavy (non-hydrogen) atoms. The number of aromatic nitrogens is 2. The molecule has 0 spiro atoms. The summed E-state index contributed by atoms with van der Waals surface area (Å²) in [5.41, 5.74) is 8.06. The van der Waals surface area contributed by atoms with Crippen LogP contribution in [0.3, 0.4) is 0 Å². The van der Waals surface area contributed by atoms with Crippen LogP contribution >= 0.6 is 0 Å². The third-order valence-corrected chi connectivity index (χ3v) is 2.66. The van der Waals surface area contributed by atoms with E-state index in [0.717, 1.165) is 11.3 Å². The molecule has 0 radical (unpaired) electrons. The molecule has 1 unspecified atom stereocenters. The van der Waals surface area contributed by atoms with Gasteiger partial charge < -0.3 is 15.4 Å². The Morgan fingerprint density at radius 1 is 1.53 bits per heavy atom. The highest BCUT2D eigenvalue weighted by molar-refractivity contribution is 5.42. The van der Waals surface area contributed by atoms with Gasteiger partial charge in [0.1, 0.15) is 5.82 Å². The number of hydrogen-bond donors (Lipinski definition) is 2. The fraction of sp³-hybridized carbons (Fsp3) is 0.250. The van der Waals surface area contributed by atoms with Crippen LogP contribution in [-0.4, -0.2) is 21.3 Å². The van der Waals surface area contributed by atoms with Crippen LogP contribution in [0.4, 0.5) is 4.39 Å². The van der Waals surface area contributed by atoms with Crippen molar-refractivity contribution in [1.29, 1.82) is 0 Å². The standard InChI is InChI=1S/C12H14FN3O/c1-8-4-9(13)2-3-11(8)16-7-15-5-12(16)10(14)6-17/h2-5,7,10,17H,6,14H2,1H3. The lowest BCUT2D eigenvalue weighted by Gasteiger charge is -2.14. The third kappa shape index (κ3) is 2.20. The number of aliphatic hydroxyl groups is 1. The van der Waals surface area contributed by atoms with E-state index in [0.29, 0.717) is 5.69 Å². The molecule has 0 bridgehead atoms. The van der Waals surface area contributed by atoms with Crippen molar-refractivity contribution in [2.24, 2.45) is 5.73 Å². The van der Waals surface area contributed by atoms with Gasteiger partial charge in [0.2, 0.25) is 0 Å². The minimum absolute atomic E-state index is 0.161. The molecule has 1 heterocycles. The van der Waals surface area contributed by atoms with Crippen molar-refractivity contribution in [3.05, 3.63) is 47.8 Å². The quantitative estimate of drug-likeness (QED) is 0.843. The molecule has 1 aromatic heterocycles. The fourth-order valence-electron chi connectivity index (χ4n) is 1.76. The van der Waals surface area contributed by atoms with E-state index in [1.54, 1.807) is 23.2 Å². The molecule has 2 rings (SSSR count). The summed E-state index contributed by atoms with van der Waals surface area (Å²) in [5, 5.41) is 9.07. The Balaban J connectivity index is 2.50. The van der Waals surface area contributed by atoms with E-state index < -0.39 is 6.04 Å². The van der Waals surface area contributed by atoms with Crippen molar-refractivity contribution in [3.63, 3.8) is 0 Å². The molecule has 1 atom stereocenters. The monoisotopic (exact) mass is 235 g/mol. The summed E-state index contributed by atoms with van der Waals surface area (Å²) in [6.45, 7) is 1.65. The topological polar surface area (TPSA) is 64.1 Å². The molecule has 1 aromatic carbocycles. The number of aliphatic hydroxyl groups excluding tert-OH is 1. The minimum Gasteiger partial charge on any atom is -0.394 e. The molecule has 0 saturated heterocycles. The van der Waals surface area contributed by atoms with Crippen molar-refractivity contribution < 1.29 is 9.50 Å². The summed E-state index contributed by atoms with van der Waals surface area (Å²) in [6.07, 6.45) is 3.20. The second-order valence-electron chi connectivity index (χ2n) is 3.91. The molecule has 0 aliphatic rings. The number of aryl methyl sites for hydroxylation is 1. The summed E-state index contributed by atoms with van der Waals surface area (Å²) in [6, 6.07) is 4.00. The van der Waals surface area contributed by atoms with Crippen LogP contribution in [0.15, 0.2) is 30.7 Å². The predicted octanol–water partition coefficient (Wildman–Crippen LogP) is 1.31. The number of benzene rings is 1. The maximum Gasteiger partial charge on any atom is 0.123 e. The largest absolute Gasteiger partial charge is 0.394 e. The number of imidazole rings is 1. The van der Waals surface area contributed by atoms with Gasteiger partial charge in [-0.2, -0.15) is 0 Å². The Morgan fingerprint density at radius 2 is 2.29 bits per heavy atom. The van der Waals surface area contributed by atoms with Gasteiger partial charge in [0, 0.05) is 5.69 Å². The first-order valence-corrected chi connectivity index (χ1v) is 5.28. The van der Waals surface area contributed by atoms with E-state index in [9.17, 15) is 4.39 Å². The fourth-order valence-corrected chi connectivity index (χ4v) is 1.76. The van der Waals surface area contributed by atoms with E-state index in [-0.39, 0.29) is 12.4 Å². The Bertz CT molecular complexity index is 524. The van der Waals surface area contributed by atoms with E-state index in [2.05, 4.69) is 4.98 Å². The lowest BCUT2D eigenvalue weighted by atomic mass is 10.1. The van der Waals surface area contributed by atoms with Gasteiger partial charge >= 0.3 is 0 Å². The van der Waals surface area contributed by atoms with Crippen LogP contribution in [0.1, 0.15) is 17.3 Å². The van der Waals surface area contributed by atoms with Gasteiger partial charge in [-0.15, -0.1) is 0 Å². The SMILES string of the molecule is Cc1cc(F)ccc1-n1cncc1C(N)CO. The highest BCUT2D eigenvalue weighted by Crippen LogP contribution is 2.20. The van der Waals surface area contributed by atoms with Gasteiger partial charge in [-0.25, -0.2) is 9.37 Å². The van der Waals surface area contributed by atoms with Gasteiger partial charge in [0.15, 0.2) is 0 Å². The van der Waals surface area contributed by atoms with Crippen molar-refractivity contribution >= 4 is 0 Å². The third-order valence-electron chi connectivity index (χ3n) is 2.66. The molecular weight excluding hydrogens is 221 g/mol. The van der Waals surface area contributed by atoms with Crippen LogP contribution in [0.5, 0.6) is 0 Å². The van der Waals surface area contributed by atoms with Crippen molar-refractivity contribution in [3.8, 4) is 5.69 Å². The molecule has 0 amide bonds. The summed E-state index contributed by atoms with van der Waals surface area (Å²) in [5.74, 6) is -0.278. The molecule has 4 nitrogen and oxygen atoms in total. The highest BCUT2D eigenvalue weighted by Gasteiger charge is 2.13. The molecule has 2 aromatic rings. The molecule has 0 aliphatic heterocycles.